The molecule has 2 aromatic rings. The summed E-state index contributed by atoms with van der Waals surface area (Å²) >= 11 is 6.13. The predicted molar refractivity (Wildman–Crippen MR) is 79.3 cm³/mol. The van der Waals surface area contributed by atoms with Crippen LogP contribution in [0.15, 0.2) is 36.4 Å². The third kappa shape index (κ3) is 3.86. The van der Waals surface area contributed by atoms with E-state index in [9.17, 15) is 0 Å². The molecule has 0 aliphatic heterocycles. The SMILES string of the molecule is CCCNc1cccc(Oc2ccc(C)cc2Cl)n1. The Morgan fingerprint density at radius 2 is 2.11 bits per heavy atom. The second-order valence-electron chi connectivity index (χ2n) is 4.32. The fraction of sp³-hybridized carbons (Fsp3) is 0.267. The summed E-state index contributed by atoms with van der Waals surface area (Å²) in [5.41, 5.74) is 1.10. The van der Waals surface area contributed by atoms with Gasteiger partial charge in [0.15, 0.2) is 0 Å². The summed E-state index contributed by atoms with van der Waals surface area (Å²) in [7, 11) is 0. The van der Waals surface area contributed by atoms with Gasteiger partial charge in [0, 0.05) is 12.6 Å². The van der Waals surface area contributed by atoms with Crippen LogP contribution in [0.1, 0.15) is 18.9 Å². The second-order valence-corrected chi connectivity index (χ2v) is 4.73. The van der Waals surface area contributed by atoms with Gasteiger partial charge in [-0.25, -0.2) is 0 Å². The van der Waals surface area contributed by atoms with Crippen LogP contribution in [0.5, 0.6) is 11.6 Å². The van der Waals surface area contributed by atoms with Gasteiger partial charge in [-0.05, 0) is 37.1 Å². The lowest BCUT2D eigenvalue weighted by Gasteiger charge is -2.09. The highest BCUT2D eigenvalue weighted by molar-refractivity contribution is 6.32. The number of hydrogen-bond donors (Lipinski definition) is 1. The van der Waals surface area contributed by atoms with Crippen molar-refractivity contribution in [3.8, 4) is 11.6 Å². The number of halogens is 1. The van der Waals surface area contributed by atoms with Gasteiger partial charge in [-0.3, -0.25) is 0 Å². The van der Waals surface area contributed by atoms with Crippen molar-refractivity contribution in [2.75, 3.05) is 11.9 Å². The molecular weight excluding hydrogens is 260 g/mol. The summed E-state index contributed by atoms with van der Waals surface area (Å²) in [6.45, 7) is 4.99. The first-order valence-electron chi connectivity index (χ1n) is 6.34. The van der Waals surface area contributed by atoms with Gasteiger partial charge in [0.25, 0.3) is 0 Å². The molecule has 1 heterocycles. The van der Waals surface area contributed by atoms with Crippen molar-refractivity contribution in [3.05, 3.63) is 47.0 Å². The van der Waals surface area contributed by atoms with E-state index in [1.807, 2.05) is 43.3 Å². The normalized spacial score (nSPS) is 10.3. The molecule has 2 rings (SSSR count). The molecule has 0 aliphatic rings. The summed E-state index contributed by atoms with van der Waals surface area (Å²) < 4.78 is 5.70. The summed E-state index contributed by atoms with van der Waals surface area (Å²) in [4.78, 5) is 4.38. The number of nitrogens with one attached hydrogen (secondary N) is 1. The molecule has 0 fully saturated rings. The number of ether oxygens (including phenoxy) is 1. The number of aromatic nitrogens is 1. The van der Waals surface area contributed by atoms with E-state index in [1.165, 1.54) is 0 Å². The molecule has 0 aliphatic carbocycles. The molecule has 1 aromatic heterocycles. The highest BCUT2D eigenvalue weighted by Gasteiger charge is 2.05. The van der Waals surface area contributed by atoms with Crippen LogP contribution in [0.3, 0.4) is 0 Å². The standard InChI is InChI=1S/C15H17ClN2O/c1-3-9-17-14-5-4-6-15(18-14)19-13-8-7-11(2)10-12(13)16/h4-8,10H,3,9H2,1-2H3,(H,17,18). The first-order chi connectivity index (χ1) is 9.19. The van der Waals surface area contributed by atoms with Gasteiger partial charge >= 0.3 is 0 Å². The van der Waals surface area contributed by atoms with Crippen LogP contribution in [-0.2, 0) is 0 Å². The van der Waals surface area contributed by atoms with Gasteiger partial charge in [0.05, 0.1) is 5.02 Å². The molecule has 0 saturated carbocycles. The minimum Gasteiger partial charge on any atom is -0.437 e. The van der Waals surface area contributed by atoms with Crippen molar-refractivity contribution in [1.82, 2.24) is 4.98 Å². The van der Waals surface area contributed by atoms with E-state index >= 15 is 0 Å². The number of benzene rings is 1. The minimum absolute atomic E-state index is 0.534. The molecule has 0 radical (unpaired) electrons. The smallest absolute Gasteiger partial charge is 0.221 e. The highest BCUT2D eigenvalue weighted by Crippen LogP contribution is 2.29. The van der Waals surface area contributed by atoms with Crippen LogP contribution >= 0.6 is 11.6 Å². The lowest BCUT2D eigenvalue weighted by molar-refractivity contribution is 0.464. The van der Waals surface area contributed by atoms with E-state index < -0.39 is 0 Å². The Bertz CT molecular complexity index is 558. The largest absolute Gasteiger partial charge is 0.437 e. The zero-order chi connectivity index (χ0) is 13.7. The number of rotatable bonds is 5. The molecule has 100 valence electrons. The van der Waals surface area contributed by atoms with Crippen molar-refractivity contribution in [1.29, 1.82) is 0 Å². The van der Waals surface area contributed by atoms with Gasteiger partial charge in [-0.15, -0.1) is 0 Å². The first-order valence-corrected chi connectivity index (χ1v) is 6.72. The second kappa shape index (κ2) is 6.43. The summed E-state index contributed by atoms with van der Waals surface area (Å²) in [5.74, 6) is 1.96. The molecule has 1 N–H and O–H groups in total. The van der Waals surface area contributed by atoms with Gasteiger partial charge < -0.3 is 10.1 Å². The molecule has 19 heavy (non-hydrogen) atoms. The summed E-state index contributed by atoms with van der Waals surface area (Å²) in [5, 5.41) is 3.81. The van der Waals surface area contributed by atoms with Crippen LogP contribution in [0.25, 0.3) is 0 Å². The van der Waals surface area contributed by atoms with Gasteiger partial charge in [0.2, 0.25) is 5.88 Å². The molecule has 0 amide bonds. The molecule has 4 heteroatoms. The maximum atomic E-state index is 6.13. The van der Waals surface area contributed by atoms with Crippen molar-refractivity contribution >= 4 is 17.4 Å². The van der Waals surface area contributed by atoms with E-state index in [2.05, 4.69) is 17.2 Å². The third-order valence-electron chi connectivity index (χ3n) is 2.58. The lowest BCUT2D eigenvalue weighted by atomic mass is 10.2. The van der Waals surface area contributed by atoms with E-state index in [0.717, 1.165) is 24.3 Å². The van der Waals surface area contributed by atoms with E-state index in [0.29, 0.717) is 16.7 Å². The number of nitrogens with zero attached hydrogens (tertiary/aromatic N) is 1. The average Bonchev–Trinajstić information content (AvgIpc) is 2.40. The quantitative estimate of drug-likeness (QED) is 0.862. The van der Waals surface area contributed by atoms with Crippen LogP contribution < -0.4 is 10.1 Å². The first kappa shape index (κ1) is 13.7. The maximum Gasteiger partial charge on any atom is 0.221 e. The van der Waals surface area contributed by atoms with E-state index in [-0.39, 0.29) is 0 Å². The van der Waals surface area contributed by atoms with Crippen LogP contribution in [0.4, 0.5) is 5.82 Å². The Balaban J connectivity index is 2.14. The molecule has 0 unspecified atom stereocenters. The molecule has 1 aromatic carbocycles. The van der Waals surface area contributed by atoms with Crippen LogP contribution in [0, 0.1) is 6.92 Å². The third-order valence-corrected chi connectivity index (χ3v) is 2.88. The van der Waals surface area contributed by atoms with Crippen molar-refractivity contribution in [3.63, 3.8) is 0 Å². The van der Waals surface area contributed by atoms with E-state index in [1.54, 1.807) is 0 Å². The Morgan fingerprint density at radius 1 is 1.26 bits per heavy atom. The number of hydrogen-bond acceptors (Lipinski definition) is 3. The van der Waals surface area contributed by atoms with Crippen LogP contribution in [0.2, 0.25) is 5.02 Å². The van der Waals surface area contributed by atoms with Crippen LogP contribution in [-0.4, -0.2) is 11.5 Å². The molecule has 0 bridgehead atoms. The predicted octanol–water partition coefficient (Wildman–Crippen LogP) is 4.66. The maximum absolute atomic E-state index is 6.13. The minimum atomic E-state index is 0.534. The van der Waals surface area contributed by atoms with Gasteiger partial charge in [-0.1, -0.05) is 30.7 Å². The topological polar surface area (TPSA) is 34.1 Å². The van der Waals surface area contributed by atoms with Gasteiger partial charge in [-0.2, -0.15) is 4.98 Å². The Labute approximate surface area is 118 Å². The van der Waals surface area contributed by atoms with Crippen molar-refractivity contribution in [2.45, 2.75) is 20.3 Å². The summed E-state index contributed by atoms with van der Waals surface area (Å²) in [6, 6.07) is 11.3. The Morgan fingerprint density at radius 3 is 2.84 bits per heavy atom. The molecule has 0 atom stereocenters. The Hall–Kier alpha value is -1.74. The summed E-state index contributed by atoms with van der Waals surface area (Å²) in [6.07, 6.45) is 1.05. The molecule has 3 nitrogen and oxygen atoms in total. The highest BCUT2D eigenvalue weighted by atomic mass is 35.5. The molecule has 0 spiro atoms. The van der Waals surface area contributed by atoms with Crippen molar-refractivity contribution < 1.29 is 4.74 Å². The van der Waals surface area contributed by atoms with Gasteiger partial charge in [0.1, 0.15) is 11.6 Å². The zero-order valence-corrected chi connectivity index (χ0v) is 11.9. The number of anilines is 1. The van der Waals surface area contributed by atoms with E-state index in [4.69, 9.17) is 16.3 Å². The number of pyridine rings is 1. The lowest BCUT2D eigenvalue weighted by Crippen LogP contribution is -2.02. The number of aryl methyl sites for hydroxylation is 1. The molecule has 0 saturated heterocycles. The fourth-order valence-electron chi connectivity index (χ4n) is 1.62. The monoisotopic (exact) mass is 276 g/mol. The zero-order valence-electron chi connectivity index (χ0n) is 11.1. The fourth-order valence-corrected chi connectivity index (χ4v) is 1.90. The molecular formula is C15H17ClN2O. The van der Waals surface area contributed by atoms with Crippen molar-refractivity contribution in [2.24, 2.45) is 0 Å². The average molecular weight is 277 g/mol. The Kier molecular flexibility index (Phi) is 4.63.